The van der Waals surface area contributed by atoms with E-state index >= 15 is 0 Å². The molecule has 0 bridgehead atoms. The highest BCUT2D eigenvalue weighted by Crippen LogP contribution is 2.23. The Morgan fingerprint density at radius 2 is 2.20 bits per heavy atom. The number of halogens is 2. The Morgan fingerprint density at radius 3 is 2.95 bits per heavy atom. The lowest BCUT2D eigenvalue weighted by molar-refractivity contribution is 0.607. The summed E-state index contributed by atoms with van der Waals surface area (Å²) in [5.74, 6) is -0.474. The molecular formula is C15H15ClFN3. The molecule has 0 aliphatic carbocycles. The van der Waals surface area contributed by atoms with Gasteiger partial charge in [-0.25, -0.2) is 9.37 Å². The molecule has 0 fully saturated rings. The van der Waals surface area contributed by atoms with Crippen LogP contribution in [0.3, 0.4) is 0 Å². The van der Waals surface area contributed by atoms with Crippen molar-refractivity contribution in [1.82, 2.24) is 9.97 Å². The van der Waals surface area contributed by atoms with Crippen molar-refractivity contribution >= 4 is 17.3 Å². The van der Waals surface area contributed by atoms with Gasteiger partial charge in [0, 0.05) is 25.4 Å². The molecule has 0 amide bonds. The normalized spacial score (nSPS) is 10.3. The van der Waals surface area contributed by atoms with Crippen LogP contribution < -0.4 is 5.32 Å². The monoisotopic (exact) mass is 291 g/mol. The third-order valence-corrected chi connectivity index (χ3v) is 3.33. The molecule has 20 heavy (non-hydrogen) atoms. The predicted octanol–water partition coefficient (Wildman–Crippen LogP) is 3.77. The smallest absolute Gasteiger partial charge is 0.165 e. The summed E-state index contributed by atoms with van der Waals surface area (Å²) in [5, 5.41) is 3.10. The van der Waals surface area contributed by atoms with Crippen molar-refractivity contribution in [3.05, 3.63) is 65.0 Å². The third kappa shape index (κ3) is 3.14. The topological polar surface area (TPSA) is 37.8 Å². The van der Waals surface area contributed by atoms with Gasteiger partial charge in [0.25, 0.3) is 0 Å². The fraction of sp³-hybridized carbons (Fsp3) is 0.200. The molecule has 0 aliphatic rings. The van der Waals surface area contributed by atoms with Crippen molar-refractivity contribution in [2.24, 2.45) is 0 Å². The van der Waals surface area contributed by atoms with Gasteiger partial charge in [0.15, 0.2) is 11.0 Å². The average Bonchev–Trinajstić information content (AvgIpc) is 2.44. The Labute approximate surface area is 122 Å². The average molecular weight is 292 g/mol. The third-order valence-electron chi connectivity index (χ3n) is 3.06. The van der Waals surface area contributed by atoms with E-state index in [4.69, 9.17) is 11.6 Å². The van der Waals surface area contributed by atoms with Gasteiger partial charge in [-0.15, -0.1) is 6.58 Å². The molecule has 1 N–H and O–H groups in total. The number of hydrogen-bond donors (Lipinski definition) is 1. The fourth-order valence-electron chi connectivity index (χ4n) is 1.90. The maximum Gasteiger partial charge on any atom is 0.165 e. The van der Waals surface area contributed by atoms with Crippen LogP contribution in [0.1, 0.15) is 16.7 Å². The van der Waals surface area contributed by atoms with E-state index in [-0.39, 0.29) is 5.15 Å². The molecule has 2 heterocycles. The minimum Gasteiger partial charge on any atom is -0.380 e. The Balaban J connectivity index is 2.29. The molecule has 0 radical (unpaired) electrons. The van der Waals surface area contributed by atoms with Gasteiger partial charge in [-0.3, -0.25) is 4.98 Å². The summed E-state index contributed by atoms with van der Waals surface area (Å²) in [6.07, 6.45) is 7.19. The SMILES string of the molecule is C=CCNc1cncc(Cc2ccnc(Cl)c2F)c1C. The van der Waals surface area contributed by atoms with Gasteiger partial charge in [0.2, 0.25) is 0 Å². The number of anilines is 1. The Kier molecular flexibility index (Phi) is 4.69. The number of nitrogens with zero attached hydrogens (tertiary/aromatic N) is 2. The number of pyridine rings is 2. The predicted molar refractivity (Wildman–Crippen MR) is 79.7 cm³/mol. The van der Waals surface area contributed by atoms with Gasteiger partial charge >= 0.3 is 0 Å². The fourth-order valence-corrected chi connectivity index (χ4v) is 2.08. The van der Waals surface area contributed by atoms with Crippen LogP contribution in [-0.4, -0.2) is 16.5 Å². The highest BCUT2D eigenvalue weighted by molar-refractivity contribution is 6.29. The molecule has 104 valence electrons. The minimum atomic E-state index is -0.474. The summed E-state index contributed by atoms with van der Waals surface area (Å²) in [6, 6.07) is 1.63. The first-order chi connectivity index (χ1) is 9.63. The van der Waals surface area contributed by atoms with E-state index in [9.17, 15) is 4.39 Å². The van der Waals surface area contributed by atoms with E-state index in [1.54, 1.807) is 24.5 Å². The summed E-state index contributed by atoms with van der Waals surface area (Å²) >= 11 is 5.69. The second-order valence-electron chi connectivity index (χ2n) is 4.39. The van der Waals surface area contributed by atoms with Crippen molar-refractivity contribution in [3.8, 4) is 0 Å². The van der Waals surface area contributed by atoms with Gasteiger partial charge in [0.1, 0.15) is 0 Å². The van der Waals surface area contributed by atoms with Gasteiger partial charge in [-0.1, -0.05) is 17.7 Å². The molecule has 2 aromatic heterocycles. The Morgan fingerprint density at radius 1 is 1.40 bits per heavy atom. The molecule has 0 atom stereocenters. The number of aromatic nitrogens is 2. The second kappa shape index (κ2) is 6.48. The zero-order valence-electron chi connectivity index (χ0n) is 11.2. The zero-order valence-corrected chi connectivity index (χ0v) is 11.9. The van der Waals surface area contributed by atoms with Crippen molar-refractivity contribution in [3.63, 3.8) is 0 Å². The van der Waals surface area contributed by atoms with E-state index in [2.05, 4.69) is 21.9 Å². The van der Waals surface area contributed by atoms with E-state index < -0.39 is 5.82 Å². The standard InChI is InChI=1S/C15H15ClFN3/c1-3-5-19-13-9-18-8-12(10(13)2)7-11-4-6-20-15(16)14(11)17/h3-4,6,8-9,19H,1,5,7H2,2H3. The summed E-state index contributed by atoms with van der Waals surface area (Å²) in [7, 11) is 0. The van der Waals surface area contributed by atoms with Gasteiger partial charge in [0.05, 0.1) is 11.9 Å². The highest BCUT2D eigenvalue weighted by atomic mass is 35.5. The van der Waals surface area contributed by atoms with Gasteiger partial charge < -0.3 is 5.32 Å². The van der Waals surface area contributed by atoms with E-state index in [0.29, 0.717) is 18.5 Å². The van der Waals surface area contributed by atoms with Crippen molar-refractivity contribution < 1.29 is 4.39 Å². The molecule has 0 unspecified atom stereocenters. The molecule has 0 spiro atoms. The molecule has 0 aliphatic heterocycles. The number of hydrogen-bond acceptors (Lipinski definition) is 3. The largest absolute Gasteiger partial charge is 0.380 e. The lowest BCUT2D eigenvalue weighted by atomic mass is 10.0. The maximum atomic E-state index is 13.9. The van der Waals surface area contributed by atoms with Crippen LogP contribution in [0, 0.1) is 12.7 Å². The Bertz CT molecular complexity index is 629. The molecule has 2 rings (SSSR count). The molecule has 3 nitrogen and oxygen atoms in total. The van der Waals surface area contributed by atoms with Gasteiger partial charge in [-0.2, -0.15) is 0 Å². The molecule has 2 aromatic rings. The van der Waals surface area contributed by atoms with Crippen LogP contribution in [0.2, 0.25) is 5.15 Å². The maximum absolute atomic E-state index is 13.9. The Hall–Kier alpha value is -1.94. The van der Waals surface area contributed by atoms with E-state index in [1.165, 1.54) is 6.20 Å². The summed E-state index contributed by atoms with van der Waals surface area (Å²) in [6.45, 7) is 6.29. The van der Waals surface area contributed by atoms with Crippen LogP contribution in [-0.2, 0) is 6.42 Å². The van der Waals surface area contributed by atoms with Crippen LogP contribution in [0.4, 0.5) is 10.1 Å². The summed E-state index contributed by atoms with van der Waals surface area (Å²) in [4.78, 5) is 7.89. The molecule has 5 heteroatoms. The second-order valence-corrected chi connectivity index (χ2v) is 4.75. The number of nitrogens with one attached hydrogen (secondary N) is 1. The van der Waals surface area contributed by atoms with Gasteiger partial charge in [-0.05, 0) is 29.7 Å². The van der Waals surface area contributed by atoms with E-state index in [0.717, 1.165) is 16.8 Å². The number of rotatable bonds is 5. The van der Waals surface area contributed by atoms with Crippen molar-refractivity contribution in [2.45, 2.75) is 13.3 Å². The lowest BCUT2D eigenvalue weighted by Gasteiger charge is -2.12. The van der Waals surface area contributed by atoms with Crippen LogP contribution in [0.15, 0.2) is 37.3 Å². The first kappa shape index (κ1) is 14.5. The molecular weight excluding hydrogens is 277 g/mol. The van der Waals surface area contributed by atoms with Crippen LogP contribution in [0.5, 0.6) is 0 Å². The first-order valence-electron chi connectivity index (χ1n) is 6.20. The highest BCUT2D eigenvalue weighted by Gasteiger charge is 2.11. The molecule has 0 saturated carbocycles. The van der Waals surface area contributed by atoms with Crippen molar-refractivity contribution in [2.75, 3.05) is 11.9 Å². The zero-order chi connectivity index (χ0) is 14.5. The van der Waals surface area contributed by atoms with Crippen LogP contribution >= 0.6 is 11.6 Å². The molecule has 0 saturated heterocycles. The lowest BCUT2D eigenvalue weighted by Crippen LogP contribution is -2.04. The summed E-state index contributed by atoms with van der Waals surface area (Å²) < 4.78 is 13.9. The van der Waals surface area contributed by atoms with Crippen LogP contribution in [0.25, 0.3) is 0 Å². The first-order valence-corrected chi connectivity index (χ1v) is 6.58. The minimum absolute atomic E-state index is 0.103. The van der Waals surface area contributed by atoms with E-state index in [1.807, 2.05) is 6.92 Å². The summed E-state index contributed by atoms with van der Waals surface area (Å²) in [5.41, 5.74) is 3.41. The van der Waals surface area contributed by atoms with Crippen molar-refractivity contribution in [1.29, 1.82) is 0 Å². The quantitative estimate of drug-likeness (QED) is 0.673. The molecule has 0 aromatic carbocycles.